The number of rotatable bonds is 10. The number of aliphatic imine (C=N–C) groups is 1. The molecule has 0 saturated carbocycles. The molecule has 0 spiro atoms. The summed E-state index contributed by atoms with van der Waals surface area (Å²) in [5.74, 6) is 2.77. The molecule has 0 aliphatic rings. The molecule has 154 valence electrons. The topological polar surface area (TPSA) is 77.0 Å². The maximum atomic E-state index is 5.55. The molecule has 0 fully saturated rings. The number of thiazole rings is 1. The van der Waals surface area contributed by atoms with Crippen LogP contribution in [0.2, 0.25) is 0 Å². The smallest absolute Gasteiger partial charge is 0.203 e. The molecule has 0 amide bonds. The van der Waals surface area contributed by atoms with Gasteiger partial charge in [0.25, 0.3) is 0 Å². The van der Waals surface area contributed by atoms with E-state index in [1.807, 2.05) is 19.1 Å². The van der Waals surface area contributed by atoms with Gasteiger partial charge in [-0.25, -0.2) is 4.98 Å². The van der Waals surface area contributed by atoms with Crippen LogP contribution < -0.4 is 24.8 Å². The van der Waals surface area contributed by atoms with Crippen LogP contribution in [0.25, 0.3) is 0 Å². The van der Waals surface area contributed by atoms with Crippen LogP contribution in [0.15, 0.2) is 22.5 Å². The number of hydrogen-bond acceptors (Lipinski definition) is 6. The monoisotopic (exact) mass is 406 g/mol. The molecule has 0 bridgehead atoms. The van der Waals surface area contributed by atoms with Gasteiger partial charge in [0.1, 0.15) is 0 Å². The largest absolute Gasteiger partial charge is 0.493 e. The fourth-order valence-electron chi connectivity index (χ4n) is 2.82. The summed E-state index contributed by atoms with van der Waals surface area (Å²) in [6.45, 7) is 6.29. The number of methoxy groups -OCH3 is 3. The van der Waals surface area contributed by atoms with E-state index >= 15 is 0 Å². The molecule has 28 heavy (non-hydrogen) atoms. The summed E-state index contributed by atoms with van der Waals surface area (Å²) in [5.41, 5.74) is 2.14. The van der Waals surface area contributed by atoms with Crippen LogP contribution in [0, 0.1) is 6.92 Å². The SMILES string of the molecule is CCNC(=NCCc1csc(C)n1)NCCc1ccc(OC)c(OC)c1OC. The van der Waals surface area contributed by atoms with Crippen LogP contribution in [0.1, 0.15) is 23.2 Å². The zero-order valence-electron chi connectivity index (χ0n) is 17.3. The summed E-state index contributed by atoms with van der Waals surface area (Å²) in [6, 6.07) is 3.89. The van der Waals surface area contributed by atoms with E-state index in [0.29, 0.717) is 30.3 Å². The first-order chi connectivity index (χ1) is 13.6. The first kappa shape index (κ1) is 21.8. The van der Waals surface area contributed by atoms with Gasteiger partial charge in [0, 0.05) is 37.0 Å². The highest BCUT2D eigenvalue weighted by molar-refractivity contribution is 7.09. The fraction of sp³-hybridized carbons (Fsp3) is 0.500. The molecule has 2 aromatic rings. The van der Waals surface area contributed by atoms with Crippen molar-refractivity contribution in [1.82, 2.24) is 15.6 Å². The average Bonchev–Trinajstić information content (AvgIpc) is 3.12. The lowest BCUT2D eigenvalue weighted by Gasteiger charge is -2.16. The molecule has 8 heteroatoms. The quantitative estimate of drug-likeness (QED) is 0.467. The van der Waals surface area contributed by atoms with Crippen molar-refractivity contribution in [2.24, 2.45) is 4.99 Å². The Kier molecular flexibility index (Phi) is 8.87. The summed E-state index contributed by atoms with van der Waals surface area (Å²) in [5, 5.41) is 9.83. The van der Waals surface area contributed by atoms with Crippen molar-refractivity contribution in [2.45, 2.75) is 26.7 Å². The molecular formula is C20H30N4O3S. The van der Waals surface area contributed by atoms with E-state index < -0.39 is 0 Å². The molecule has 1 aromatic heterocycles. The van der Waals surface area contributed by atoms with Crippen LogP contribution in [-0.2, 0) is 12.8 Å². The predicted octanol–water partition coefficient (Wildman–Crippen LogP) is 2.82. The van der Waals surface area contributed by atoms with Gasteiger partial charge in [0.05, 0.1) is 32.0 Å². The number of nitrogens with zero attached hydrogens (tertiary/aromatic N) is 2. The van der Waals surface area contributed by atoms with Crippen molar-refractivity contribution in [2.75, 3.05) is 41.0 Å². The summed E-state index contributed by atoms with van der Waals surface area (Å²) >= 11 is 1.67. The molecule has 1 heterocycles. The maximum Gasteiger partial charge on any atom is 0.203 e. The number of aryl methyl sites for hydroxylation is 1. The third-order valence-electron chi connectivity index (χ3n) is 4.12. The lowest BCUT2D eigenvalue weighted by atomic mass is 10.1. The van der Waals surface area contributed by atoms with Gasteiger partial charge in [0.15, 0.2) is 17.5 Å². The van der Waals surface area contributed by atoms with Gasteiger partial charge in [-0.15, -0.1) is 11.3 Å². The average molecular weight is 407 g/mol. The number of benzene rings is 1. The Morgan fingerprint density at radius 1 is 1.07 bits per heavy atom. The Balaban J connectivity index is 1.95. The van der Waals surface area contributed by atoms with Crippen molar-refractivity contribution in [3.63, 3.8) is 0 Å². The van der Waals surface area contributed by atoms with Gasteiger partial charge >= 0.3 is 0 Å². The minimum Gasteiger partial charge on any atom is -0.493 e. The maximum absolute atomic E-state index is 5.55. The van der Waals surface area contributed by atoms with Crippen molar-refractivity contribution < 1.29 is 14.2 Å². The third kappa shape index (κ3) is 6.02. The minimum atomic E-state index is 0.613. The molecule has 0 atom stereocenters. The second-order valence-corrected chi connectivity index (χ2v) is 7.10. The normalized spacial score (nSPS) is 11.2. The van der Waals surface area contributed by atoms with E-state index in [0.717, 1.165) is 41.6 Å². The zero-order chi connectivity index (χ0) is 20.4. The molecule has 0 unspecified atom stereocenters. The highest BCUT2D eigenvalue weighted by Gasteiger charge is 2.15. The Labute approximate surface area is 171 Å². The standard InChI is InChI=1S/C20H30N4O3S/c1-6-21-20(23-12-10-16-13-28-14(2)24-16)22-11-9-15-7-8-17(25-3)19(27-5)18(15)26-4/h7-8,13H,6,9-12H2,1-5H3,(H2,21,22,23). The van der Waals surface area contributed by atoms with Crippen LogP contribution in [0.5, 0.6) is 17.2 Å². The van der Waals surface area contributed by atoms with Crippen LogP contribution in [0.3, 0.4) is 0 Å². The Bertz CT molecular complexity index is 777. The van der Waals surface area contributed by atoms with E-state index in [-0.39, 0.29) is 0 Å². The fourth-order valence-corrected chi connectivity index (χ4v) is 3.47. The van der Waals surface area contributed by atoms with Crippen LogP contribution in [-0.4, -0.2) is 51.9 Å². The molecule has 0 radical (unpaired) electrons. The number of guanidine groups is 1. The molecule has 0 aliphatic carbocycles. The van der Waals surface area contributed by atoms with Crippen LogP contribution in [0.4, 0.5) is 0 Å². The second-order valence-electron chi connectivity index (χ2n) is 6.04. The van der Waals surface area contributed by atoms with Gasteiger partial charge in [-0.05, 0) is 26.3 Å². The summed E-state index contributed by atoms with van der Waals surface area (Å²) in [4.78, 5) is 9.11. The Morgan fingerprint density at radius 3 is 2.46 bits per heavy atom. The minimum absolute atomic E-state index is 0.613. The number of nitrogens with one attached hydrogen (secondary N) is 2. The van der Waals surface area contributed by atoms with E-state index in [1.54, 1.807) is 32.7 Å². The summed E-state index contributed by atoms with van der Waals surface area (Å²) in [6.07, 6.45) is 1.60. The van der Waals surface area contributed by atoms with E-state index in [9.17, 15) is 0 Å². The van der Waals surface area contributed by atoms with Crippen molar-refractivity contribution >= 4 is 17.3 Å². The molecule has 1 aromatic carbocycles. The number of ether oxygens (including phenoxy) is 3. The molecule has 7 nitrogen and oxygen atoms in total. The van der Waals surface area contributed by atoms with E-state index in [1.165, 1.54) is 0 Å². The van der Waals surface area contributed by atoms with Gasteiger partial charge < -0.3 is 24.8 Å². The third-order valence-corrected chi connectivity index (χ3v) is 4.94. The van der Waals surface area contributed by atoms with Crippen LogP contribution >= 0.6 is 11.3 Å². The van der Waals surface area contributed by atoms with Crippen molar-refractivity contribution in [3.05, 3.63) is 33.8 Å². The molecule has 0 aliphatic heterocycles. The van der Waals surface area contributed by atoms with Crippen molar-refractivity contribution in [1.29, 1.82) is 0 Å². The zero-order valence-corrected chi connectivity index (χ0v) is 18.1. The highest BCUT2D eigenvalue weighted by Crippen LogP contribution is 2.39. The summed E-state index contributed by atoms with van der Waals surface area (Å²) in [7, 11) is 4.87. The lowest BCUT2D eigenvalue weighted by molar-refractivity contribution is 0.322. The molecule has 2 rings (SSSR count). The Hall–Kier alpha value is -2.48. The second kappa shape index (κ2) is 11.4. The number of hydrogen-bond donors (Lipinski definition) is 2. The summed E-state index contributed by atoms with van der Waals surface area (Å²) < 4.78 is 16.3. The Morgan fingerprint density at radius 2 is 1.86 bits per heavy atom. The van der Waals surface area contributed by atoms with Gasteiger partial charge in [-0.2, -0.15) is 0 Å². The first-order valence-corrected chi connectivity index (χ1v) is 10.2. The van der Waals surface area contributed by atoms with Crippen molar-refractivity contribution in [3.8, 4) is 17.2 Å². The van der Waals surface area contributed by atoms with Gasteiger partial charge in [0.2, 0.25) is 5.75 Å². The molecule has 2 N–H and O–H groups in total. The van der Waals surface area contributed by atoms with Gasteiger partial charge in [-0.1, -0.05) is 6.07 Å². The van der Waals surface area contributed by atoms with E-state index in [2.05, 4.69) is 32.9 Å². The van der Waals surface area contributed by atoms with Gasteiger partial charge in [-0.3, -0.25) is 4.99 Å². The lowest BCUT2D eigenvalue weighted by Crippen LogP contribution is -2.38. The van der Waals surface area contributed by atoms with E-state index in [4.69, 9.17) is 14.2 Å². The highest BCUT2D eigenvalue weighted by atomic mass is 32.1. The molecular weight excluding hydrogens is 376 g/mol. The molecule has 0 saturated heterocycles. The predicted molar refractivity (Wildman–Crippen MR) is 114 cm³/mol. The number of aromatic nitrogens is 1. The first-order valence-electron chi connectivity index (χ1n) is 9.33.